The van der Waals surface area contributed by atoms with Crippen LogP contribution in [0, 0.1) is 5.92 Å². The van der Waals surface area contributed by atoms with Crippen LogP contribution in [-0.4, -0.2) is 37.1 Å². The maximum Gasteiger partial charge on any atom is 0.340 e. The molecule has 1 N–H and O–H groups in total. The van der Waals surface area contributed by atoms with Crippen LogP contribution in [0.3, 0.4) is 0 Å². The highest BCUT2D eigenvalue weighted by molar-refractivity contribution is 6.02. The molecule has 1 unspecified atom stereocenters. The van der Waals surface area contributed by atoms with Gasteiger partial charge in [0.2, 0.25) is 11.9 Å². The Balaban J connectivity index is 4.61. The Labute approximate surface area is 113 Å². The van der Waals surface area contributed by atoms with Crippen LogP contribution in [-0.2, 0) is 23.9 Å². The van der Waals surface area contributed by atoms with Gasteiger partial charge in [-0.25, -0.2) is 9.59 Å². The van der Waals surface area contributed by atoms with E-state index in [2.05, 4.69) is 5.32 Å². The molecule has 0 aliphatic heterocycles. The van der Waals surface area contributed by atoms with Crippen molar-refractivity contribution in [3.8, 4) is 0 Å². The molecule has 0 aromatic heterocycles. The van der Waals surface area contributed by atoms with Crippen molar-refractivity contribution in [2.45, 2.75) is 46.6 Å². The highest BCUT2D eigenvalue weighted by Gasteiger charge is 2.31. The summed E-state index contributed by atoms with van der Waals surface area (Å²) in [5.41, 5.74) is 0. The van der Waals surface area contributed by atoms with E-state index in [9.17, 15) is 14.4 Å². The first-order valence-corrected chi connectivity index (χ1v) is 6.58. The molecule has 0 aromatic rings. The van der Waals surface area contributed by atoms with Gasteiger partial charge < -0.3 is 14.8 Å². The van der Waals surface area contributed by atoms with E-state index in [0.29, 0.717) is 0 Å². The Morgan fingerprint density at radius 3 is 1.84 bits per heavy atom. The minimum absolute atomic E-state index is 0.135. The van der Waals surface area contributed by atoms with Gasteiger partial charge in [0.15, 0.2) is 0 Å². The molecule has 0 fully saturated rings. The van der Waals surface area contributed by atoms with Crippen molar-refractivity contribution in [2.24, 2.45) is 5.92 Å². The normalized spacial score (nSPS) is 11.8. The first-order chi connectivity index (χ1) is 8.96. The number of hydrogen-bond acceptors (Lipinski definition) is 5. The molecule has 6 nitrogen and oxygen atoms in total. The second kappa shape index (κ2) is 9.35. The fourth-order valence-electron chi connectivity index (χ4n) is 1.35. The maximum absolute atomic E-state index is 11.7. The lowest BCUT2D eigenvalue weighted by Gasteiger charge is -2.17. The molecule has 0 saturated carbocycles. The number of hydrogen-bond donors (Lipinski definition) is 1. The number of amides is 1. The van der Waals surface area contributed by atoms with Gasteiger partial charge in [0.1, 0.15) is 0 Å². The van der Waals surface area contributed by atoms with E-state index >= 15 is 0 Å². The Kier molecular flexibility index (Phi) is 8.57. The van der Waals surface area contributed by atoms with E-state index in [1.54, 1.807) is 13.8 Å². The van der Waals surface area contributed by atoms with Crippen LogP contribution in [0.15, 0.2) is 0 Å². The predicted octanol–water partition coefficient (Wildman–Crippen LogP) is 1.03. The average molecular weight is 273 g/mol. The Morgan fingerprint density at radius 2 is 1.47 bits per heavy atom. The quantitative estimate of drug-likeness (QED) is 0.527. The molecule has 0 radical (unpaired) electrons. The molecule has 0 rings (SSSR count). The zero-order valence-corrected chi connectivity index (χ0v) is 12.0. The number of rotatable bonds is 8. The summed E-state index contributed by atoms with van der Waals surface area (Å²) in [4.78, 5) is 34.9. The lowest BCUT2D eigenvalue weighted by Crippen LogP contribution is -2.48. The topological polar surface area (TPSA) is 81.7 Å². The first kappa shape index (κ1) is 17.4. The molecule has 110 valence electrons. The number of carbonyl (C=O) groups is 3. The van der Waals surface area contributed by atoms with E-state index in [0.717, 1.165) is 6.42 Å². The number of carbonyl (C=O) groups excluding carboxylic acids is 3. The summed E-state index contributed by atoms with van der Waals surface area (Å²) < 4.78 is 9.50. The van der Waals surface area contributed by atoms with Crippen molar-refractivity contribution in [3.63, 3.8) is 0 Å². The van der Waals surface area contributed by atoms with Gasteiger partial charge in [0.05, 0.1) is 13.2 Å². The van der Waals surface area contributed by atoms with Gasteiger partial charge in [-0.05, 0) is 19.8 Å². The number of ether oxygens (including phenoxy) is 2. The molecular weight excluding hydrogens is 250 g/mol. The summed E-state index contributed by atoms with van der Waals surface area (Å²) in [6.45, 7) is 7.41. The van der Waals surface area contributed by atoms with Crippen LogP contribution < -0.4 is 5.32 Å². The molecule has 0 aliphatic carbocycles. The summed E-state index contributed by atoms with van der Waals surface area (Å²) in [5.74, 6) is -1.76. The molecule has 0 saturated heterocycles. The minimum Gasteiger partial charge on any atom is -0.464 e. The van der Waals surface area contributed by atoms with E-state index in [-0.39, 0.29) is 31.5 Å². The number of esters is 2. The van der Waals surface area contributed by atoms with Gasteiger partial charge in [-0.2, -0.15) is 0 Å². The van der Waals surface area contributed by atoms with Crippen LogP contribution in [0.25, 0.3) is 0 Å². The third-order valence-corrected chi connectivity index (χ3v) is 2.58. The fourth-order valence-corrected chi connectivity index (χ4v) is 1.35. The fraction of sp³-hybridized carbons (Fsp3) is 0.769. The zero-order valence-electron chi connectivity index (χ0n) is 12.0. The van der Waals surface area contributed by atoms with Gasteiger partial charge in [0.25, 0.3) is 0 Å². The molecule has 19 heavy (non-hydrogen) atoms. The van der Waals surface area contributed by atoms with Crippen LogP contribution in [0.1, 0.15) is 40.5 Å². The largest absolute Gasteiger partial charge is 0.464 e. The molecule has 1 atom stereocenters. The van der Waals surface area contributed by atoms with Gasteiger partial charge in [-0.15, -0.1) is 0 Å². The number of nitrogens with one attached hydrogen (secondary N) is 1. The molecular formula is C13H23NO5. The highest BCUT2D eigenvalue weighted by Crippen LogP contribution is 2.06. The maximum atomic E-state index is 11.7. The lowest BCUT2D eigenvalue weighted by molar-refractivity contribution is -0.159. The van der Waals surface area contributed by atoms with Crippen molar-refractivity contribution < 1.29 is 23.9 Å². The standard InChI is InChI=1S/C13H23NO5/c1-5-9(4)8-10(15)14-11(12(16)18-6-2)13(17)19-7-3/h9,11H,5-8H2,1-4H3,(H,14,15). The van der Waals surface area contributed by atoms with Crippen LogP contribution in [0.4, 0.5) is 0 Å². The van der Waals surface area contributed by atoms with E-state index in [1.165, 1.54) is 0 Å². The van der Waals surface area contributed by atoms with Crippen molar-refractivity contribution >= 4 is 17.8 Å². The van der Waals surface area contributed by atoms with E-state index in [4.69, 9.17) is 9.47 Å². The molecule has 0 bridgehead atoms. The van der Waals surface area contributed by atoms with Crippen LogP contribution in [0.2, 0.25) is 0 Å². The molecule has 0 heterocycles. The third-order valence-electron chi connectivity index (χ3n) is 2.58. The average Bonchev–Trinajstić information content (AvgIpc) is 2.36. The summed E-state index contributed by atoms with van der Waals surface area (Å²) in [6, 6.07) is -1.38. The first-order valence-electron chi connectivity index (χ1n) is 6.58. The summed E-state index contributed by atoms with van der Waals surface area (Å²) in [6.07, 6.45) is 1.10. The summed E-state index contributed by atoms with van der Waals surface area (Å²) >= 11 is 0. The van der Waals surface area contributed by atoms with Crippen LogP contribution >= 0.6 is 0 Å². The summed E-state index contributed by atoms with van der Waals surface area (Å²) in [5, 5.41) is 2.36. The molecule has 0 spiro atoms. The van der Waals surface area contributed by atoms with E-state index in [1.807, 2.05) is 13.8 Å². The van der Waals surface area contributed by atoms with Gasteiger partial charge in [-0.1, -0.05) is 20.3 Å². The summed E-state index contributed by atoms with van der Waals surface area (Å²) in [7, 11) is 0. The SMILES string of the molecule is CCOC(=O)C(NC(=O)CC(C)CC)C(=O)OCC. The molecule has 0 aromatic carbocycles. The lowest BCUT2D eigenvalue weighted by atomic mass is 10.0. The van der Waals surface area contributed by atoms with Gasteiger partial charge in [-0.3, -0.25) is 4.79 Å². The van der Waals surface area contributed by atoms with Crippen molar-refractivity contribution in [1.82, 2.24) is 5.32 Å². The molecule has 1 amide bonds. The second-order valence-corrected chi connectivity index (χ2v) is 4.22. The van der Waals surface area contributed by atoms with Gasteiger partial charge >= 0.3 is 11.9 Å². The third kappa shape index (κ3) is 6.79. The highest BCUT2D eigenvalue weighted by atomic mass is 16.6. The van der Waals surface area contributed by atoms with Crippen LogP contribution in [0.5, 0.6) is 0 Å². The smallest absolute Gasteiger partial charge is 0.340 e. The zero-order chi connectivity index (χ0) is 14.8. The second-order valence-electron chi connectivity index (χ2n) is 4.22. The van der Waals surface area contributed by atoms with Crippen molar-refractivity contribution in [1.29, 1.82) is 0 Å². The minimum atomic E-state index is -1.38. The molecule has 6 heteroatoms. The van der Waals surface area contributed by atoms with Gasteiger partial charge in [0, 0.05) is 6.42 Å². The molecule has 0 aliphatic rings. The van der Waals surface area contributed by atoms with Crippen molar-refractivity contribution in [3.05, 3.63) is 0 Å². The monoisotopic (exact) mass is 273 g/mol. The Hall–Kier alpha value is -1.59. The van der Waals surface area contributed by atoms with E-state index < -0.39 is 18.0 Å². The van der Waals surface area contributed by atoms with Crippen molar-refractivity contribution in [2.75, 3.05) is 13.2 Å². The Morgan fingerprint density at radius 1 is 1.00 bits per heavy atom. The predicted molar refractivity (Wildman–Crippen MR) is 69.3 cm³/mol. The Bertz CT molecular complexity index is 298.